The predicted molar refractivity (Wildman–Crippen MR) is 162 cm³/mol. The molecule has 0 bridgehead atoms. The van der Waals surface area contributed by atoms with E-state index < -0.39 is 16.9 Å². The summed E-state index contributed by atoms with van der Waals surface area (Å²) < 4.78 is 19.0. The zero-order valence-electron chi connectivity index (χ0n) is 23.8. The van der Waals surface area contributed by atoms with Crippen LogP contribution in [0.5, 0.6) is 11.5 Å². The summed E-state index contributed by atoms with van der Waals surface area (Å²) in [6.45, 7) is 5.86. The first-order valence-electron chi connectivity index (χ1n) is 13.7. The molecule has 3 aromatic carbocycles. The zero-order chi connectivity index (χ0) is 30.5. The van der Waals surface area contributed by atoms with Gasteiger partial charge >= 0.3 is 5.97 Å². The average Bonchev–Trinajstić information content (AvgIpc) is 3.30. The molecule has 0 fully saturated rings. The minimum Gasteiger partial charge on any atom is -0.490 e. The number of fused-ring (bicyclic) bond motifs is 1. The summed E-state index contributed by atoms with van der Waals surface area (Å²) in [5.41, 5.74) is 2.40. The minimum atomic E-state index is -0.685. The van der Waals surface area contributed by atoms with Gasteiger partial charge in [-0.2, -0.15) is 0 Å². The van der Waals surface area contributed by atoms with Crippen LogP contribution in [0.15, 0.2) is 93.9 Å². The van der Waals surface area contributed by atoms with Gasteiger partial charge < -0.3 is 14.2 Å². The summed E-state index contributed by atoms with van der Waals surface area (Å²) >= 11 is 1.23. The first-order valence-corrected chi connectivity index (χ1v) is 14.5. The van der Waals surface area contributed by atoms with E-state index in [1.54, 1.807) is 60.9 Å². The molecule has 4 aromatic rings. The number of allylic oxidation sites excluding steroid dienone is 1. The van der Waals surface area contributed by atoms with Gasteiger partial charge in [-0.05, 0) is 56.2 Å². The van der Waals surface area contributed by atoms with Crippen LogP contribution in [0.4, 0.5) is 5.69 Å². The fourth-order valence-electron chi connectivity index (χ4n) is 4.86. The van der Waals surface area contributed by atoms with E-state index in [2.05, 4.69) is 4.99 Å². The van der Waals surface area contributed by atoms with E-state index in [4.69, 9.17) is 14.2 Å². The summed E-state index contributed by atoms with van der Waals surface area (Å²) in [6, 6.07) is 20.3. The molecule has 0 amide bonds. The molecule has 0 N–H and O–H groups in total. The van der Waals surface area contributed by atoms with E-state index in [1.165, 1.54) is 17.4 Å². The number of para-hydroxylation sites is 1. The van der Waals surface area contributed by atoms with Gasteiger partial charge in [-0.1, -0.05) is 59.9 Å². The first kappa shape index (κ1) is 29.5. The van der Waals surface area contributed by atoms with Gasteiger partial charge in [0.2, 0.25) is 0 Å². The lowest BCUT2D eigenvalue weighted by molar-refractivity contribution is -0.385. The van der Waals surface area contributed by atoms with E-state index in [0.717, 1.165) is 5.56 Å². The Hall–Kier alpha value is -5.03. The Bertz CT molecular complexity index is 1890. The predicted octanol–water partition coefficient (Wildman–Crippen LogP) is 4.68. The molecule has 1 atom stereocenters. The van der Waals surface area contributed by atoms with Crippen molar-refractivity contribution in [2.75, 3.05) is 13.2 Å². The molecular weight excluding hydrogens is 570 g/mol. The molecule has 2 heterocycles. The Labute approximate surface area is 251 Å². The lowest BCUT2D eigenvalue weighted by Gasteiger charge is -2.24. The number of benzene rings is 3. The van der Waals surface area contributed by atoms with Crippen LogP contribution < -0.4 is 24.4 Å². The van der Waals surface area contributed by atoms with Crippen molar-refractivity contribution in [3.8, 4) is 11.5 Å². The Morgan fingerprint density at radius 3 is 2.49 bits per heavy atom. The monoisotopic (exact) mass is 599 g/mol. The maximum absolute atomic E-state index is 13.9. The summed E-state index contributed by atoms with van der Waals surface area (Å²) in [7, 11) is 0. The number of nitro groups is 1. The molecule has 0 saturated heterocycles. The van der Waals surface area contributed by atoms with Gasteiger partial charge in [0.05, 0.1) is 45.5 Å². The number of ether oxygens (including phenoxy) is 3. The van der Waals surface area contributed by atoms with E-state index in [9.17, 15) is 19.7 Å². The van der Waals surface area contributed by atoms with Crippen molar-refractivity contribution in [2.24, 2.45) is 4.99 Å². The van der Waals surface area contributed by atoms with Gasteiger partial charge in [0, 0.05) is 6.07 Å². The molecule has 0 saturated carbocycles. The van der Waals surface area contributed by atoms with Crippen LogP contribution in [0.3, 0.4) is 0 Å². The van der Waals surface area contributed by atoms with Crippen LogP contribution in [-0.2, 0) is 16.1 Å². The van der Waals surface area contributed by atoms with Crippen molar-refractivity contribution in [3.05, 3.63) is 131 Å². The number of esters is 1. The summed E-state index contributed by atoms with van der Waals surface area (Å²) in [5.74, 6) is 0.340. The summed E-state index contributed by atoms with van der Waals surface area (Å²) in [4.78, 5) is 42.9. The van der Waals surface area contributed by atoms with Crippen molar-refractivity contribution >= 4 is 29.1 Å². The van der Waals surface area contributed by atoms with E-state index >= 15 is 0 Å². The SMILES string of the molecule is CCOC(=O)C1=C(C)N=c2s/c(=C/c3ccc(OCc4ccccc4[N+](=O)[O-])c(OCC)c3)c(=O)n2[C@H]1c1ccccc1. The Kier molecular flexibility index (Phi) is 8.82. The Morgan fingerprint density at radius 1 is 1.02 bits per heavy atom. The standard InChI is InChI=1S/C32H29N3O7S/c1-4-40-26-17-21(15-16-25(26)42-19-23-13-9-10-14-24(23)35(38)39)18-27-30(36)34-29(22-11-7-6-8-12-22)28(31(37)41-5-2)20(3)33-32(34)43-27/h6-18,29H,4-5,19H2,1-3H3/b27-18+/t29-/m0/s1. The number of carbonyl (C=O) groups is 1. The topological polar surface area (TPSA) is 122 Å². The molecule has 0 spiro atoms. The quantitative estimate of drug-likeness (QED) is 0.147. The van der Waals surface area contributed by atoms with Gasteiger partial charge in [0.25, 0.3) is 11.2 Å². The largest absolute Gasteiger partial charge is 0.490 e. The molecule has 0 unspecified atom stereocenters. The highest BCUT2D eigenvalue weighted by Gasteiger charge is 2.33. The number of rotatable bonds is 10. The second-order valence-electron chi connectivity index (χ2n) is 9.53. The minimum absolute atomic E-state index is 0.0171. The summed E-state index contributed by atoms with van der Waals surface area (Å²) in [5, 5.41) is 11.4. The average molecular weight is 600 g/mol. The number of thiazole rings is 1. The Balaban J connectivity index is 1.53. The maximum Gasteiger partial charge on any atom is 0.338 e. The van der Waals surface area contributed by atoms with Crippen LogP contribution in [0.25, 0.3) is 6.08 Å². The molecular formula is C32H29N3O7S. The number of hydrogen-bond donors (Lipinski definition) is 0. The van der Waals surface area contributed by atoms with Gasteiger partial charge in [-0.3, -0.25) is 19.5 Å². The van der Waals surface area contributed by atoms with E-state index in [1.807, 2.05) is 37.3 Å². The van der Waals surface area contributed by atoms with Crippen LogP contribution in [0.1, 0.15) is 43.5 Å². The first-order chi connectivity index (χ1) is 20.8. The third-order valence-electron chi connectivity index (χ3n) is 6.77. The smallest absolute Gasteiger partial charge is 0.338 e. The van der Waals surface area contributed by atoms with Gasteiger partial charge in [-0.15, -0.1) is 0 Å². The molecule has 5 rings (SSSR count). The molecule has 43 heavy (non-hydrogen) atoms. The van der Waals surface area contributed by atoms with Gasteiger partial charge in [-0.25, -0.2) is 9.79 Å². The third kappa shape index (κ3) is 6.12. The Morgan fingerprint density at radius 2 is 1.77 bits per heavy atom. The lowest BCUT2D eigenvalue weighted by atomic mass is 9.96. The number of hydrogen-bond acceptors (Lipinski definition) is 9. The molecule has 1 aliphatic heterocycles. The molecule has 10 nitrogen and oxygen atoms in total. The van der Waals surface area contributed by atoms with Crippen LogP contribution in [-0.4, -0.2) is 28.7 Å². The highest BCUT2D eigenvalue weighted by Crippen LogP contribution is 2.32. The molecule has 220 valence electrons. The van der Waals surface area contributed by atoms with Crippen molar-refractivity contribution in [1.29, 1.82) is 0 Å². The molecule has 11 heteroatoms. The highest BCUT2D eigenvalue weighted by atomic mass is 32.1. The van der Waals surface area contributed by atoms with Crippen molar-refractivity contribution in [3.63, 3.8) is 0 Å². The normalized spacial score (nSPS) is 14.6. The fraction of sp³-hybridized carbons (Fsp3) is 0.219. The number of aromatic nitrogens is 1. The molecule has 0 aliphatic carbocycles. The van der Waals surface area contributed by atoms with E-state index in [-0.39, 0.29) is 24.5 Å². The van der Waals surface area contributed by atoms with Gasteiger partial charge in [0.15, 0.2) is 16.3 Å². The number of nitrogens with zero attached hydrogens (tertiary/aromatic N) is 3. The summed E-state index contributed by atoms with van der Waals surface area (Å²) in [6.07, 6.45) is 1.74. The molecule has 1 aliphatic rings. The highest BCUT2D eigenvalue weighted by molar-refractivity contribution is 7.07. The lowest BCUT2D eigenvalue weighted by Crippen LogP contribution is -2.39. The number of nitro benzene ring substituents is 1. The second-order valence-corrected chi connectivity index (χ2v) is 10.5. The fourth-order valence-corrected chi connectivity index (χ4v) is 5.91. The van der Waals surface area contributed by atoms with Crippen LogP contribution >= 0.6 is 11.3 Å². The van der Waals surface area contributed by atoms with Crippen molar-refractivity contribution in [1.82, 2.24) is 4.57 Å². The third-order valence-corrected chi connectivity index (χ3v) is 7.75. The van der Waals surface area contributed by atoms with Crippen molar-refractivity contribution in [2.45, 2.75) is 33.4 Å². The maximum atomic E-state index is 13.9. The second kappa shape index (κ2) is 12.9. The van der Waals surface area contributed by atoms with Gasteiger partial charge in [0.1, 0.15) is 6.61 Å². The molecule has 0 radical (unpaired) electrons. The number of carbonyl (C=O) groups excluding carboxylic acids is 1. The molecule has 1 aromatic heterocycles. The van der Waals surface area contributed by atoms with E-state index in [0.29, 0.717) is 49.8 Å². The zero-order valence-corrected chi connectivity index (χ0v) is 24.6. The van der Waals surface area contributed by atoms with Crippen molar-refractivity contribution < 1.29 is 23.9 Å². The van der Waals surface area contributed by atoms with Crippen LogP contribution in [0, 0.1) is 10.1 Å². The van der Waals surface area contributed by atoms with Crippen LogP contribution in [0.2, 0.25) is 0 Å².